The predicted molar refractivity (Wildman–Crippen MR) is 136 cm³/mol. The number of nitrogens with one attached hydrogen (secondary N) is 1. The zero-order valence-electron chi connectivity index (χ0n) is 20.2. The fourth-order valence-corrected chi connectivity index (χ4v) is 5.13. The van der Waals surface area contributed by atoms with E-state index in [1.54, 1.807) is 0 Å². The Bertz CT molecular complexity index is 946. The highest BCUT2D eigenvalue weighted by molar-refractivity contribution is 5.95. The van der Waals surface area contributed by atoms with Crippen molar-refractivity contribution in [1.82, 2.24) is 10.2 Å². The van der Waals surface area contributed by atoms with Crippen molar-refractivity contribution in [3.63, 3.8) is 0 Å². The van der Waals surface area contributed by atoms with E-state index in [4.69, 9.17) is 4.74 Å². The average molecular weight is 447 g/mol. The van der Waals surface area contributed by atoms with Gasteiger partial charge in [0.05, 0.1) is 6.10 Å². The maximum Gasteiger partial charge on any atom is 0.253 e. The molecule has 0 spiro atoms. The van der Waals surface area contributed by atoms with Crippen molar-refractivity contribution >= 4 is 11.5 Å². The van der Waals surface area contributed by atoms with Crippen molar-refractivity contribution in [2.75, 3.05) is 26.2 Å². The molecule has 1 amide bonds. The first-order valence-electron chi connectivity index (χ1n) is 12.8. The minimum Gasteiger partial charge on any atom is -0.490 e. The van der Waals surface area contributed by atoms with E-state index in [-0.39, 0.29) is 5.91 Å². The van der Waals surface area contributed by atoms with Gasteiger partial charge in [-0.15, -0.1) is 0 Å². The Morgan fingerprint density at radius 3 is 2.24 bits per heavy atom. The van der Waals surface area contributed by atoms with Crippen molar-refractivity contribution < 1.29 is 9.53 Å². The molecule has 0 atom stereocenters. The van der Waals surface area contributed by atoms with Gasteiger partial charge in [0.2, 0.25) is 0 Å². The zero-order valence-corrected chi connectivity index (χ0v) is 20.2. The van der Waals surface area contributed by atoms with Crippen LogP contribution < -0.4 is 10.1 Å². The number of nitrogens with zero attached hydrogens (tertiary/aromatic N) is 1. The van der Waals surface area contributed by atoms with E-state index in [0.717, 1.165) is 63.2 Å². The summed E-state index contributed by atoms with van der Waals surface area (Å²) in [6, 6.07) is 16.8. The van der Waals surface area contributed by atoms with Crippen LogP contribution in [0.5, 0.6) is 5.75 Å². The lowest BCUT2D eigenvalue weighted by atomic mass is 9.88. The third-order valence-corrected chi connectivity index (χ3v) is 7.01. The summed E-state index contributed by atoms with van der Waals surface area (Å²) in [4.78, 5) is 14.7. The Morgan fingerprint density at radius 1 is 0.909 bits per heavy atom. The molecule has 4 heteroatoms. The number of amides is 1. The summed E-state index contributed by atoms with van der Waals surface area (Å²) in [5, 5.41) is 3.48. The summed E-state index contributed by atoms with van der Waals surface area (Å²) >= 11 is 0. The van der Waals surface area contributed by atoms with E-state index >= 15 is 0 Å². The van der Waals surface area contributed by atoms with Crippen LogP contribution in [0.1, 0.15) is 80.3 Å². The van der Waals surface area contributed by atoms with Gasteiger partial charge in [-0.25, -0.2) is 0 Å². The number of ether oxygens (including phenoxy) is 1. The van der Waals surface area contributed by atoms with Crippen molar-refractivity contribution in [2.24, 2.45) is 0 Å². The fourth-order valence-electron chi connectivity index (χ4n) is 5.13. The van der Waals surface area contributed by atoms with Crippen LogP contribution in [0.3, 0.4) is 0 Å². The monoisotopic (exact) mass is 446 g/mol. The van der Waals surface area contributed by atoms with Crippen LogP contribution in [0.25, 0.3) is 5.57 Å². The topological polar surface area (TPSA) is 41.6 Å². The molecule has 0 unspecified atom stereocenters. The summed E-state index contributed by atoms with van der Waals surface area (Å²) in [5.74, 6) is 1.07. The summed E-state index contributed by atoms with van der Waals surface area (Å²) in [7, 11) is 0. The van der Waals surface area contributed by atoms with Crippen LogP contribution in [0.2, 0.25) is 0 Å². The van der Waals surface area contributed by atoms with Gasteiger partial charge in [0.25, 0.3) is 5.91 Å². The van der Waals surface area contributed by atoms with Crippen LogP contribution >= 0.6 is 0 Å². The lowest BCUT2D eigenvalue weighted by molar-refractivity contribution is 0.0773. The van der Waals surface area contributed by atoms with Gasteiger partial charge in [-0.05, 0) is 106 Å². The van der Waals surface area contributed by atoms with Gasteiger partial charge >= 0.3 is 0 Å². The fraction of sp³-hybridized carbons (Fsp3) is 0.483. The SMILES string of the molecule is CCN(CC)C(=O)c1ccc(C(=C2CCNCC2)c2cccc(OC3CCCCC3)c2)cc1. The average Bonchev–Trinajstić information content (AvgIpc) is 2.87. The van der Waals surface area contributed by atoms with Gasteiger partial charge in [0, 0.05) is 18.7 Å². The second-order valence-corrected chi connectivity index (χ2v) is 9.19. The number of carbonyl (C=O) groups is 1. The van der Waals surface area contributed by atoms with Crippen LogP contribution in [-0.4, -0.2) is 43.1 Å². The van der Waals surface area contributed by atoms with Crippen LogP contribution in [-0.2, 0) is 0 Å². The number of hydrogen-bond donors (Lipinski definition) is 1. The van der Waals surface area contributed by atoms with Gasteiger partial charge in [0.15, 0.2) is 0 Å². The maximum absolute atomic E-state index is 12.8. The highest BCUT2D eigenvalue weighted by atomic mass is 16.5. The number of carbonyl (C=O) groups excluding carboxylic acids is 1. The first-order chi connectivity index (χ1) is 16.2. The summed E-state index contributed by atoms with van der Waals surface area (Å²) < 4.78 is 6.39. The summed E-state index contributed by atoms with van der Waals surface area (Å²) in [5.41, 5.74) is 5.92. The second-order valence-electron chi connectivity index (χ2n) is 9.19. The summed E-state index contributed by atoms with van der Waals surface area (Å²) in [6.07, 6.45) is 8.62. The molecule has 0 bridgehead atoms. The predicted octanol–water partition coefficient (Wildman–Crippen LogP) is 6.07. The lowest BCUT2D eigenvalue weighted by Gasteiger charge is -2.24. The molecule has 33 heavy (non-hydrogen) atoms. The maximum atomic E-state index is 12.8. The Labute approximate surface area is 199 Å². The van der Waals surface area contributed by atoms with Gasteiger partial charge in [-0.3, -0.25) is 4.79 Å². The highest BCUT2D eigenvalue weighted by Gasteiger charge is 2.19. The Kier molecular flexibility index (Phi) is 8.22. The zero-order chi connectivity index (χ0) is 23.0. The van der Waals surface area contributed by atoms with Crippen molar-refractivity contribution in [2.45, 2.75) is 64.9 Å². The molecule has 2 aromatic carbocycles. The molecule has 2 aromatic rings. The molecule has 2 aliphatic rings. The third kappa shape index (κ3) is 5.86. The molecule has 1 N–H and O–H groups in total. The molecule has 4 rings (SSSR count). The molecule has 0 aromatic heterocycles. The number of benzene rings is 2. The molecule has 1 aliphatic carbocycles. The lowest BCUT2D eigenvalue weighted by Crippen LogP contribution is -2.30. The third-order valence-electron chi connectivity index (χ3n) is 7.01. The van der Waals surface area contributed by atoms with E-state index in [9.17, 15) is 4.79 Å². The van der Waals surface area contributed by atoms with Gasteiger partial charge in [-0.1, -0.05) is 36.3 Å². The van der Waals surface area contributed by atoms with Crippen LogP contribution in [0, 0.1) is 0 Å². The largest absolute Gasteiger partial charge is 0.490 e. The molecule has 176 valence electrons. The minimum atomic E-state index is 0.102. The van der Waals surface area contributed by atoms with E-state index in [0.29, 0.717) is 6.10 Å². The highest BCUT2D eigenvalue weighted by Crippen LogP contribution is 2.34. The first kappa shape index (κ1) is 23.6. The molecule has 0 radical (unpaired) electrons. The van der Waals surface area contributed by atoms with Crippen molar-refractivity contribution in [3.8, 4) is 5.75 Å². The van der Waals surface area contributed by atoms with Crippen molar-refractivity contribution in [1.29, 1.82) is 0 Å². The number of piperidine rings is 1. The summed E-state index contributed by atoms with van der Waals surface area (Å²) in [6.45, 7) is 7.53. The molecule has 1 saturated carbocycles. The first-order valence-corrected chi connectivity index (χ1v) is 12.8. The Morgan fingerprint density at radius 2 is 1.58 bits per heavy atom. The smallest absolute Gasteiger partial charge is 0.253 e. The second kappa shape index (κ2) is 11.5. The normalized spacial score (nSPS) is 17.0. The molecule has 4 nitrogen and oxygen atoms in total. The molecule has 1 aliphatic heterocycles. The van der Waals surface area contributed by atoms with Gasteiger partial charge < -0.3 is 15.0 Å². The number of hydrogen-bond acceptors (Lipinski definition) is 3. The van der Waals surface area contributed by atoms with Crippen LogP contribution in [0.4, 0.5) is 0 Å². The van der Waals surface area contributed by atoms with E-state index < -0.39 is 0 Å². The van der Waals surface area contributed by atoms with Crippen LogP contribution in [0.15, 0.2) is 54.1 Å². The van der Waals surface area contributed by atoms with E-state index in [2.05, 4.69) is 41.7 Å². The standard InChI is InChI=1S/C29H38N2O2/c1-3-31(4-2)29(32)24-15-13-22(14-16-24)28(23-17-19-30-20-18-23)25-9-8-12-27(21-25)33-26-10-6-5-7-11-26/h8-9,12-16,21,26,30H,3-7,10-11,17-20H2,1-2H3. The molecule has 1 heterocycles. The molecular weight excluding hydrogens is 408 g/mol. The molecular formula is C29H38N2O2. The Balaban J connectivity index is 1.64. The van der Waals surface area contributed by atoms with E-state index in [1.807, 2.05) is 30.9 Å². The van der Waals surface area contributed by atoms with E-state index in [1.165, 1.54) is 41.5 Å². The minimum absolute atomic E-state index is 0.102. The quantitative estimate of drug-likeness (QED) is 0.562. The molecule has 1 saturated heterocycles. The van der Waals surface area contributed by atoms with Gasteiger partial charge in [0.1, 0.15) is 5.75 Å². The Hall–Kier alpha value is -2.59. The van der Waals surface area contributed by atoms with Crippen molar-refractivity contribution in [3.05, 3.63) is 70.8 Å². The van der Waals surface area contributed by atoms with Gasteiger partial charge in [-0.2, -0.15) is 0 Å². The molecule has 2 fully saturated rings. The number of rotatable bonds is 7.